The minimum absolute atomic E-state index is 0.0305. The zero-order chi connectivity index (χ0) is 16.8. The second-order valence-corrected chi connectivity index (χ2v) is 6.36. The second-order valence-electron chi connectivity index (χ2n) is 4.43. The van der Waals surface area contributed by atoms with Crippen molar-refractivity contribution in [3.05, 3.63) is 35.4 Å². The summed E-state index contributed by atoms with van der Waals surface area (Å²) in [6.45, 7) is -1.37. The molecule has 0 saturated heterocycles. The van der Waals surface area contributed by atoms with Crippen molar-refractivity contribution in [2.45, 2.75) is 18.5 Å². The molecule has 10 heteroatoms. The molecule has 6 nitrogen and oxygen atoms in total. The van der Waals surface area contributed by atoms with E-state index in [1.807, 2.05) is 0 Å². The first-order chi connectivity index (χ1) is 10.1. The van der Waals surface area contributed by atoms with Gasteiger partial charge < -0.3 is 10.6 Å². The average Bonchev–Trinajstić information content (AvgIpc) is 2.43. The molecule has 0 radical (unpaired) electrons. The maximum atomic E-state index is 11.9. The highest BCUT2D eigenvalue weighted by Gasteiger charge is 2.27. The van der Waals surface area contributed by atoms with E-state index >= 15 is 0 Å². The molecule has 0 bridgehead atoms. The van der Waals surface area contributed by atoms with Crippen molar-refractivity contribution < 1.29 is 26.4 Å². The van der Waals surface area contributed by atoms with Crippen LogP contribution in [-0.4, -0.2) is 34.2 Å². The highest BCUT2D eigenvalue weighted by Crippen LogP contribution is 2.12. The molecule has 0 aliphatic heterocycles. The summed E-state index contributed by atoms with van der Waals surface area (Å²) >= 11 is 0. The molecule has 0 aliphatic carbocycles. The van der Waals surface area contributed by atoms with Gasteiger partial charge in [0.2, 0.25) is 10.0 Å². The van der Waals surface area contributed by atoms with Crippen LogP contribution < -0.4 is 15.4 Å². The Hall–Kier alpha value is -1.81. The van der Waals surface area contributed by atoms with Crippen molar-refractivity contribution in [3.8, 4) is 0 Å². The number of alkyl halides is 3. The molecule has 0 unspecified atom stereocenters. The van der Waals surface area contributed by atoms with Gasteiger partial charge in [0, 0.05) is 6.54 Å². The number of rotatable bonds is 6. The summed E-state index contributed by atoms with van der Waals surface area (Å²) in [6.07, 6.45) is -4.46. The van der Waals surface area contributed by atoms with E-state index in [-0.39, 0.29) is 12.3 Å². The third-order valence-corrected chi connectivity index (χ3v) is 3.93. The minimum atomic E-state index is -4.46. The number of halogens is 3. The number of urea groups is 1. The number of amides is 2. The van der Waals surface area contributed by atoms with Crippen LogP contribution in [0.5, 0.6) is 0 Å². The first kappa shape index (κ1) is 18.2. The van der Waals surface area contributed by atoms with Gasteiger partial charge in [0.15, 0.2) is 0 Å². The fourth-order valence-electron chi connectivity index (χ4n) is 1.47. The Balaban J connectivity index is 2.46. The molecular weight excluding hydrogens is 323 g/mol. The van der Waals surface area contributed by atoms with Crippen molar-refractivity contribution in [1.82, 2.24) is 15.4 Å². The Morgan fingerprint density at radius 3 is 2.14 bits per heavy atom. The van der Waals surface area contributed by atoms with E-state index in [2.05, 4.69) is 10.0 Å². The van der Waals surface area contributed by atoms with E-state index in [0.717, 1.165) is 0 Å². The van der Waals surface area contributed by atoms with Crippen molar-refractivity contribution in [2.75, 3.05) is 13.6 Å². The molecule has 0 fully saturated rings. The number of nitrogens with one attached hydrogen (secondary N) is 3. The fraction of sp³-hybridized carbons (Fsp3) is 0.417. The monoisotopic (exact) mass is 339 g/mol. The summed E-state index contributed by atoms with van der Waals surface area (Å²) in [5, 5.41) is 3.95. The van der Waals surface area contributed by atoms with Gasteiger partial charge in [-0.15, -0.1) is 0 Å². The molecular formula is C12H16F3N3O3S. The van der Waals surface area contributed by atoms with Crippen molar-refractivity contribution in [1.29, 1.82) is 0 Å². The predicted octanol–water partition coefficient (Wildman–Crippen LogP) is 1.10. The lowest BCUT2D eigenvalue weighted by atomic mass is 10.1. The zero-order valence-electron chi connectivity index (χ0n) is 11.7. The smallest absolute Gasteiger partial charge is 0.334 e. The highest BCUT2D eigenvalue weighted by atomic mass is 32.2. The number of carbonyl (C=O) groups excluding carboxylic acids is 1. The summed E-state index contributed by atoms with van der Waals surface area (Å²) in [7, 11) is -2.06. The number of carbonyl (C=O) groups is 1. The maximum absolute atomic E-state index is 11.9. The van der Waals surface area contributed by atoms with E-state index in [0.29, 0.717) is 11.1 Å². The Morgan fingerprint density at radius 2 is 1.64 bits per heavy atom. The van der Waals surface area contributed by atoms with Crippen LogP contribution in [0.25, 0.3) is 0 Å². The lowest BCUT2D eigenvalue weighted by Crippen LogP contribution is -2.40. The molecule has 0 aliphatic rings. The van der Waals surface area contributed by atoms with Crippen LogP contribution in [0.4, 0.5) is 18.0 Å². The van der Waals surface area contributed by atoms with Gasteiger partial charge in [-0.2, -0.15) is 13.2 Å². The summed E-state index contributed by atoms with van der Waals surface area (Å²) in [4.78, 5) is 11.1. The third-order valence-electron chi connectivity index (χ3n) is 2.59. The predicted molar refractivity (Wildman–Crippen MR) is 74.4 cm³/mol. The van der Waals surface area contributed by atoms with Gasteiger partial charge in [-0.05, 0) is 18.2 Å². The van der Waals surface area contributed by atoms with E-state index in [4.69, 9.17) is 0 Å². The maximum Gasteiger partial charge on any atom is 0.405 e. The van der Waals surface area contributed by atoms with Crippen LogP contribution in [0, 0.1) is 0 Å². The Morgan fingerprint density at radius 1 is 1.09 bits per heavy atom. The van der Waals surface area contributed by atoms with Gasteiger partial charge in [-0.3, -0.25) is 0 Å². The quantitative estimate of drug-likeness (QED) is 0.725. The summed E-state index contributed by atoms with van der Waals surface area (Å²) in [6, 6.07) is 5.38. The normalized spacial score (nSPS) is 12.0. The second kappa shape index (κ2) is 7.45. The van der Waals surface area contributed by atoms with Crippen LogP contribution in [0.1, 0.15) is 11.1 Å². The van der Waals surface area contributed by atoms with E-state index in [9.17, 15) is 26.4 Å². The van der Waals surface area contributed by atoms with Crippen LogP contribution in [0.3, 0.4) is 0 Å². The van der Waals surface area contributed by atoms with Crippen LogP contribution in [-0.2, 0) is 22.3 Å². The third kappa shape index (κ3) is 7.27. The molecule has 3 N–H and O–H groups in total. The topological polar surface area (TPSA) is 87.3 Å². The van der Waals surface area contributed by atoms with Gasteiger partial charge in [-0.25, -0.2) is 17.9 Å². The highest BCUT2D eigenvalue weighted by molar-refractivity contribution is 7.88. The molecule has 1 aromatic carbocycles. The number of hydrogen-bond acceptors (Lipinski definition) is 3. The molecule has 0 atom stereocenters. The van der Waals surface area contributed by atoms with Gasteiger partial charge in [-0.1, -0.05) is 24.3 Å². The molecule has 2 amide bonds. The molecule has 0 heterocycles. The molecule has 0 spiro atoms. The van der Waals surface area contributed by atoms with Gasteiger partial charge >= 0.3 is 12.2 Å². The molecule has 0 aromatic heterocycles. The molecule has 124 valence electrons. The van der Waals surface area contributed by atoms with Crippen LogP contribution >= 0.6 is 0 Å². The first-order valence-corrected chi connectivity index (χ1v) is 7.84. The SMILES string of the molecule is CNS(=O)(=O)Cc1ccc(CNC(=O)NCC(F)(F)F)cc1. The minimum Gasteiger partial charge on any atom is -0.334 e. The van der Waals surface area contributed by atoms with Crippen LogP contribution in [0.15, 0.2) is 24.3 Å². The zero-order valence-corrected chi connectivity index (χ0v) is 12.5. The first-order valence-electron chi connectivity index (χ1n) is 6.19. The lowest BCUT2D eigenvalue weighted by Gasteiger charge is -2.10. The summed E-state index contributed by atoms with van der Waals surface area (Å²) in [5.41, 5.74) is 1.19. The van der Waals surface area contributed by atoms with Gasteiger partial charge in [0.1, 0.15) is 6.54 Å². The molecule has 22 heavy (non-hydrogen) atoms. The number of benzene rings is 1. The Kier molecular flexibility index (Phi) is 6.18. The summed E-state index contributed by atoms with van der Waals surface area (Å²) in [5.74, 6) is -0.177. The average molecular weight is 339 g/mol. The number of sulfonamides is 1. The van der Waals surface area contributed by atoms with E-state index in [1.54, 1.807) is 29.6 Å². The van der Waals surface area contributed by atoms with Gasteiger partial charge in [0.05, 0.1) is 5.75 Å². The standard InChI is InChI=1S/C12H16F3N3O3S/c1-16-22(20,21)7-10-4-2-9(3-5-10)6-17-11(19)18-8-12(13,14)15/h2-5,16H,6-8H2,1H3,(H2,17,18,19). The van der Waals surface area contributed by atoms with Crippen LogP contribution in [0.2, 0.25) is 0 Å². The van der Waals surface area contributed by atoms with Crippen molar-refractivity contribution in [3.63, 3.8) is 0 Å². The van der Waals surface area contributed by atoms with Crippen molar-refractivity contribution >= 4 is 16.1 Å². The van der Waals surface area contributed by atoms with E-state index in [1.165, 1.54) is 7.05 Å². The molecule has 1 aromatic rings. The molecule has 1 rings (SSSR count). The lowest BCUT2D eigenvalue weighted by molar-refractivity contribution is -0.122. The Labute approximate surface area is 126 Å². The van der Waals surface area contributed by atoms with E-state index < -0.39 is 28.8 Å². The van der Waals surface area contributed by atoms with Crippen molar-refractivity contribution in [2.24, 2.45) is 0 Å². The fourth-order valence-corrected chi connectivity index (χ4v) is 2.25. The number of hydrogen-bond donors (Lipinski definition) is 3. The Bertz CT molecular complexity index is 600. The summed E-state index contributed by atoms with van der Waals surface area (Å²) < 4.78 is 60.6. The van der Waals surface area contributed by atoms with Gasteiger partial charge in [0.25, 0.3) is 0 Å². The molecule has 0 saturated carbocycles. The largest absolute Gasteiger partial charge is 0.405 e.